The number of hydrogen-bond donors (Lipinski definition) is 1. The molecule has 5 heteroatoms. The van der Waals surface area contributed by atoms with E-state index in [0.717, 1.165) is 39.4 Å². The minimum absolute atomic E-state index is 0.721. The molecular formula is C21H17N3OS. The minimum Gasteiger partial charge on any atom is -0.457 e. The van der Waals surface area contributed by atoms with Gasteiger partial charge in [-0.25, -0.2) is 4.98 Å². The fourth-order valence-electron chi connectivity index (χ4n) is 2.52. The molecule has 4 aromatic rings. The van der Waals surface area contributed by atoms with E-state index in [1.54, 1.807) is 11.8 Å². The summed E-state index contributed by atoms with van der Waals surface area (Å²) < 4.78 is 6.01. The van der Waals surface area contributed by atoms with Crippen LogP contribution in [0.3, 0.4) is 0 Å². The lowest BCUT2D eigenvalue weighted by atomic mass is 10.2. The molecular weight excluding hydrogens is 342 g/mol. The first-order chi connectivity index (χ1) is 12.9. The molecule has 26 heavy (non-hydrogen) atoms. The number of benzene rings is 3. The lowest BCUT2D eigenvalue weighted by molar-refractivity contribution is 0.478. The third kappa shape index (κ3) is 3.95. The van der Waals surface area contributed by atoms with Crippen LogP contribution in [0.1, 0.15) is 5.56 Å². The van der Waals surface area contributed by atoms with Gasteiger partial charge in [-0.05, 0) is 18.2 Å². The second-order valence-corrected chi connectivity index (χ2v) is 6.59. The van der Waals surface area contributed by atoms with Crippen molar-refractivity contribution in [3.05, 3.63) is 90.5 Å². The van der Waals surface area contributed by atoms with Crippen LogP contribution >= 0.6 is 11.8 Å². The maximum absolute atomic E-state index is 6.01. The molecule has 0 amide bonds. The average Bonchev–Trinajstić information content (AvgIpc) is 3.18. The van der Waals surface area contributed by atoms with E-state index < -0.39 is 0 Å². The van der Waals surface area contributed by atoms with Gasteiger partial charge in [-0.2, -0.15) is 0 Å². The number of nitrogens with zero attached hydrogens (tertiary/aromatic N) is 2. The van der Waals surface area contributed by atoms with Crippen LogP contribution in [0.5, 0.6) is 11.5 Å². The molecule has 4 rings (SSSR count). The largest absolute Gasteiger partial charge is 0.457 e. The van der Waals surface area contributed by atoms with Crippen molar-refractivity contribution >= 4 is 11.8 Å². The zero-order chi connectivity index (χ0) is 17.6. The Morgan fingerprint density at radius 2 is 1.50 bits per heavy atom. The summed E-state index contributed by atoms with van der Waals surface area (Å²) in [6.45, 7) is 0. The number of aromatic amines is 1. The van der Waals surface area contributed by atoms with Crippen molar-refractivity contribution in [1.29, 1.82) is 0 Å². The van der Waals surface area contributed by atoms with Crippen LogP contribution in [0.15, 0.2) is 90.1 Å². The van der Waals surface area contributed by atoms with Crippen molar-refractivity contribution in [2.24, 2.45) is 0 Å². The summed E-state index contributed by atoms with van der Waals surface area (Å²) in [6.07, 6.45) is 0. The molecule has 1 heterocycles. The van der Waals surface area contributed by atoms with Gasteiger partial charge in [0, 0.05) is 16.9 Å². The number of ether oxygens (including phenoxy) is 1. The number of thioether (sulfide) groups is 1. The number of para-hydroxylation sites is 2. The highest BCUT2D eigenvalue weighted by molar-refractivity contribution is 7.98. The highest BCUT2D eigenvalue weighted by Crippen LogP contribution is 2.30. The third-order valence-electron chi connectivity index (χ3n) is 3.81. The topological polar surface area (TPSA) is 50.8 Å². The molecule has 0 radical (unpaired) electrons. The Hall–Kier alpha value is -3.05. The summed E-state index contributed by atoms with van der Waals surface area (Å²) in [5.74, 6) is 3.19. The maximum Gasteiger partial charge on any atom is 0.209 e. The van der Waals surface area contributed by atoms with Crippen molar-refractivity contribution < 1.29 is 4.74 Å². The summed E-state index contributed by atoms with van der Waals surface area (Å²) in [7, 11) is 0. The number of rotatable bonds is 6. The van der Waals surface area contributed by atoms with Crippen molar-refractivity contribution in [1.82, 2.24) is 15.2 Å². The molecule has 1 aromatic heterocycles. The van der Waals surface area contributed by atoms with Gasteiger partial charge in [0.05, 0.1) is 0 Å². The quantitative estimate of drug-likeness (QED) is 0.458. The number of nitrogens with one attached hydrogen (secondary N) is 1. The SMILES string of the molecule is c1ccc(Oc2ccccc2CSc2n[nH]c(-c3ccccc3)n2)cc1. The molecule has 128 valence electrons. The van der Waals surface area contributed by atoms with Crippen molar-refractivity contribution in [2.75, 3.05) is 0 Å². The van der Waals surface area contributed by atoms with Crippen molar-refractivity contribution in [3.63, 3.8) is 0 Å². The Labute approximate surface area is 156 Å². The Kier molecular flexibility index (Phi) is 4.98. The molecule has 0 spiro atoms. The van der Waals surface area contributed by atoms with Gasteiger partial charge in [0.1, 0.15) is 11.5 Å². The van der Waals surface area contributed by atoms with Crippen molar-refractivity contribution in [2.45, 2.75) is 10.9 Å². The van der Waals surface area contributed by atoms with Crippen molar-refractivity contribution in [3.8, 4) is 22.9 Å². The lowest BCUT2D eigenvalue weighted by Crippen LogP contribution is -1.90. The Morgan fingerprint density at radius 1 is 0.808 bits per heavy atom. The van der Waals surface area contributed by atoms with E-state index in [1.165, 1.54) is 0 Å². The number of hydrogen-bond acceptors (Lipinski definition) is 4. The molecule has 4 nitrogen and oxygen atoms in total. The Morgan fingerprint density at radius 3 is 2.31 bits per heavy atom. The normalized spacial score (nSPS) is 10.6. The second-order valence-electron chi connectivity index (χ2n) is 5.64. The molecule has 0 unspecified atom stereocenters. The van der Waals surface area contributed by atoms with Crippen LogP contribution in [0, 0.1) is 0 Å². The van der Waals surface area contributed by atoms with Gasteiger partial charge in [-0.15, -0.1) is 5.10 Å². The van der Waals surface area contributed by atoms with Crippen LogP contribution in [0.25, 0.3) is 11.4 Å². The van der Waals surface area contributed by atoms with Gasteiger partial charge in [0.25, 0.3) is 0 Å². The van der Waals surface area contributed by atoms with Gasteiger partial charge in [-0.3, -0.25) is 5.10 Å². The first-order valence-corrected chi connectivity index (χ1v) is 9.28. The van der Waals surface area contributed by atoms with E-state index in [0.29, 0.717) is 0 Å². The maximum atomic E-state index is 6.01. The second kappa shape index (κ2) is 7.89. The number of H-pyrrole nitrogens is 1. The highest BCUT2D eigenvalue weighted by atomic mass is 32.2. The summed E-state index contributed by atoms with van der Waals surface area (Å²) in [4.78, 5) is 4.56. The molecule has 0 atom stereocenters. The zero-order valence-electron chi connectivity index (χ0n) is 14.0. The van der Waals surface area contributed by atoms with E-state index in [9.17, 15) is 0 Å². The smallest absolute Gasteiger partial charge is 0.209 e. The molecule has 0 bridgehead atoms. The molecule has 3 aromatic carbocycles. The van der Waals surface area contributed by atoms with Crippen LogP contribution < -0.4 is 4.74 Å². The van der Waals surface area contributed by atoms with Crippen LogP contribution in [0.2, 0.25) is 0 Å². The van der Waals surface area contributed by atoms with E-state index in [1.807, 2.05) is 78.9 Å². The summed E-state index contributed by atoms with van der Waals surface area (Å²) >= 11 is 1.58. The summed E-state index contributed by atoms with van der Waals surface area (Å²) in [5.41, 5.74) is 2.13. The predicted octanol–water partition coefficient (Wildman–Crippen LogP) is 5.56. The minimum atomic E-state index is 0.721. The first kappa shape index (κ1) is 16.4. The lowest BCUT2D eigenvalue weighted by Gasteiger charge is -2.10. The molecule has 0 aliphatic heterocycles. The van der Waals surface area contributed by atoms with Gasteiger partial charge in [0.15, 0.2) is 5.82 Å². The van der Waals surface area contributed by atoms with Gasteiger partial charge < -0.3 is 4.74 Å². The molecule has 0 saturated heterocycles. The van der Waals surface area contributed by atoms with E-state index >= 15 is 0 Å². The van der Waals surface area contributed by atoms with E-state index in [4.69, 9.17) is 4.74 Å². The molecule has 1 N–H and O–H groups in total. The Bertz CT molecular complexity index is 971. The molecule has 0 aliphatic rings. The molecule has 0 saturated carbocycles. The Balaban J connectivity index is 1.46. The highest BCUT2D eigenvalue weighted by Gasteiger charge is 2.09. The molecule has 0 aliphatic carbocycles. The average molecular weight is 359 g/mol. The summed E-state index contributed by atoms with van der Waals surface area (Å²) in [5, 5.41) is 8.03. The predicted molar refractivity (Wildman–Crippen MR) is 104 cm³/mol. The summed E-state index contributed by atoms with van der Waals surface area (Å²) in [6, 6.07) is 27.8. The van der Waals surface area contributed by atoms with Crippen LogP contribution in [-0.2, 0) is 5.75 Å². The monoisotopic (exact) mass is 359 g/mol. The molecule has 0 fully saturated rings. The van der Waals surface area contributed by atoms with Crippen LogP contribution in [-0.4, -0.2) is 15.2 Å². The zero-order valence-corrected chi connectivity index (χ0v) is 14.8. The number of aromatic nitrogens is 3. The van der Waals surface area contributed by atoms with Crippen LogP contribution in [0.4, 0.5) is 0 Å². The van der Waals surface area contributed by atoms with Gasteiger partial charge >= 0.3 is 0 Å². The van der Waals surface area contributed by atoms with E-state index in [2.05, 4.69) is 21.2 Å². The standard InChI is InChI=1S/C21H17N3OS/c1-3-9-16(10-4-1)20-22-21(24-23-20)26-15-17-11-7-8-14-19(17)25-18-12-5-2-6-13-18/h1-14H,15H2,(H,22,23,24). The third-order valence-corrected chi connectivity index (χ3v) is 4.71. The van der Waals surface area contributed by atoms with Gasteiger partial charge in [0.2, 0.25) is 5.16 Å². The fourth-order valence-corrected chi connectivity index (χ4v) is 3.31. The fraction of sp³-hybridized carbons (Fsp3) is 0.0476. The first-order valence-electron chi connectivity index (χ1n) is 8.30. The van der Waals surface area contributed by atoms with E-state index in [-0.39, 0.29) is 0 Å². The van der Waals surface area contributed by atoms with Gasteiger partial charge in [-0.1, -0.05) is 78.5 Å².